The molecule has 3 N–H and O–H groups in total. The Bertz CT molecular complexity index is 1280. The Morgan fingerprint density at radius 3 is 2.48 bits per heavy atom. The number of aromatic nitrogens is 3. The Kier molecular flexibility index (Phi) is 5.76. The lowest BCUT2D eigenvalue weighted by molar-refractivity contribution is 0.116. The van der Waals surface area contributed by atoms with Gasteiger partial charge >= 0.3 is 0 Å². The van der Waals surface area contributed by atoms with Crippen LogP contribution >= 0.6 is 0 Å². The number of benzene rings is 1. The fraction of sp³-hybridized carbons (Fsp3) is 0.318. The molecular formula is C22H23N5O3S. The number of hydrogen-bond acceptors (Lipinski definition) is 7. The lowest BCUT2D eigenvalue weighted by Crippen LogP contribution is -2.25. The Hall–Kier alpha value is -3.22. The fourth-order valence-corrected chi connectivity index (χ4v) is 3.72. The average molecular weight is 438 g/mol. The van der Waals surface area contributed by atoms with Crippen LogP contribution in [0.3, 0.4) is 0 Å². The van der Waals surface area contributed by atoms with Gasteiger partial charge in [-0.3, -0.25) is 0 Å². The van der Waals surface area contributed by atoms with Gasteiger partial charge in [0.05, 0.1) is 16.5 Å². The molecule has 2 aromatic heterocycles. The first-order chi connectivity index (χ1) is 14.8. The minimum absolute atomic E-state index is 0.0682. The van der Waals surface area contributed by atoms with Gasteiger partial charge in [0.1, 0.15) is 11.8 Å². The Balaban J connectivity index is 1.64. The largest absolute Gasteiger partial charge is 0.473 e. The summed E-state index contributed by atoms with van der Waals surface area (Å²) in [7, 11) is -3.73. The maximum atomic E-state index is 11.5. The molecule has 1 saturated carbocycles. The van der Waals surface area contributed by atoms with Crippen molar-refractivity contribution in [1.82, 2.24) is 15.0 Å². The predicted molar refractivity (Wildman–Crippen MR) is 118 cm³/mol. The summed E-state index contributed by atoms with van der Waals surface area (Å²) in [6.07, 6.45) is 3.27. The SMILES string of the molecule is CC#Cc1ccc2nc(N[C@H](C)c3ccc(S(N)(=O)=O)cc3)nc(OC3CCC3)c2n1. The number of hydrogen-bond donors (Lipinski definition) is 2. The van der Waals surface area contributed by atoms with E-state index in [4.69, 9.17) is 9.88 Å². The molecule has 1 aromatic carbocycles. The smallest absolute Gasteiger partial charge is 0.245 e. The van der Waals surface area contributed by atoms with Crippen LogP contribution in [0.15, 0.2) is 41.3 Å². The topological polar surface area (TPSA) is 120 Å². The third-order valence-electron chi connectivity index (χ3n) is 5.15. The van der Waals surface area contributed by atoms with Crippen LogP contribution in [-0.2, 0) is 10.0 Å². The number of rotatable bonds is 6. The van der Waals surface area contributed by atoms with E-state index in [0.29, 0.717) is 28.6 Å². The highest BCUT2D eigenvalue weighted by Crippen LogP contribution is 2.30. The normalized spacial score (nSPS) is 14.9. The molecule has 1 atom stereocenters. The van der Waals surface area contributed by atoms with E-state index < -0.39 is 10.0 Å². The number of nitrogens with zero attached hydrogens (tertiary/aromatic N) is 3. The monoisotopic (exact) mass is 437 g/mol. The first-order valence-corrected chi connectivity index (χ1v) is 11.6. The number of primary sulfonamides is 1. The molecule has 3 aromatic rings. The molecule has 0 radical (unpaired) electrons. The van der Waals surface area contributed by atoms with Gasteiger partial charge in [0.25, 0.3) is 0 Å². The Labute approximate surface area is 181 Å². The van der Waals surface area contributed by atoms with E-state index in [0.717, 1.165) is 24.8 Å². The number of nitrogens with two attached hydrogens (primary N) is 1. The minimum Gasteiger partial charge on any atom is -0.473 e. The number of nitrogens with one attached hydrogen (secondary N) is 1. The molecule has 0 saturated heterocycles. The molecular weight excluding hydrogens is 414 g/mol. The Morgan fingerprint density at radius 1 is 1.13 bits per heavy atom. The van der Waals surface area contributed by atoms with E-state index in [-0.39, 0.29) is 17.0 Å². The maximum absolute atomic E-state index is 11.5. The van der Waals surface area contributed by atoms with Crippen molar-refractivity contribution in [3.8, 4) is 17.7 Å². The molecule has 9 heteroatoms. The van der Waals surface area contributed by atoms with Crippen molar-refractivity contribution in [2.75, 3.05) is 5.32 Å². The second-order valence-electron chi connectivity index (χ2n) is 7.44. The van der Waals surface area contributed by atoms with Gasteiger partial charge in [-0.15, -0.1) is 0 Å². The molecule has 1 aliphatic carbocycles. The molecule has 0 aliphatic heterocycles. The van der Waals surface area contributed by atoms with Gasteiger partial charge in [0, 0.05) is 0 Å². The Morgan fingerprint density at radius 2 is 1.87 bits per heavy atom. The third kappa shape index (κ3) is 4.76. The van der Waals surface area contributed by atoms with Crippen LogP contribution in [0.4, 0.5) is 5.95 Å². The van der Waals surface area contributed by atoms with Gasteiger partial charge in [0.15, 0.2) is 5.52 Å². The zero-order valence-electron chi connectivity index (χ0n) is 17.3. The van der Waals surface area contributed by atoms with Gasteiger partial charge in [0.2, 0.25) is 21.9 Å². The van der Waals surface area contributed by atoms with Gasteiger partial charge in [-0.2, -0.15) is 4.98 Å². The summed E-state index contributed by atoms with van der Waals surface area (Å²) in [5.41, 5.74) is 2.75. The van der Waals surface area contributed by atoms with Crippen molar-refractivity contribution in [2.45, 2.75) is 50.2 Å². The summed E-state index contributed by atoms with van der Waals surface area (Å²) in [6, 6.07) is 9.88. The van der Waals surface area contributed by atoms with Crippen molar-refractivity contribution in [3.63, 3.8) is 0 Å². The second-order valence-corrected chi connectivity index (χ2v) is 9.00. The van der Waals surface area contributed by atoms with Crippen molar-refractivity contribution >= 4 is 27.0 Å². The number of sulfonamides is 1. The molecule has 160 valence electrons. The zero-order valence-corrected chi connectivity index (χ0v) is 18.1. The highest BCUT2D eigenvalue weighted by Gasteiger charge is 2.22. The highest BCUT2D eigenvalue weighted by molar-refractivity contribution is 7.89. The van der Waals surface area contributed by atoms with Gasteiger partial charge in [-0.1, -0.05) is 18.1 Å². The van der Waals surface area contributed by atoms with E-state index in [1.165, 1.54) is 12.1 Å². The van der Waals surface area contributed by atoms with Crippen LogP contribution in [0.5, 0.6) is 5.88 Å². The van der Waals surface area contributed by atoms with E-state index in [1.807, 2.05) is 19.1 Å². The van der Waals surface area contributed by atoms with E-state index >= 15 is 0 Å². The van der Waals surface area contributed by atoms with Crippen molar-refractivity contribution in [1.29, 1.82) is 0 Å². The van der Waals surface area contributed by atoms with Crippen LogP contribution in [-0.4, -0.2) is 29.5 Å². The standard InChI is InChI=1S/C22H23N5O3S/c1-3-5-16-10-13-19-20(25-16)21(30-17-6-4-7-17)27-22(26-19)24-14(2)15-8-11-18(12-9-15)31(23,28)29/h8-14,17H,4,6-7H2,1-2H3,(H2,23,28,29)(H,24,26,27)/t14-/m1/s1. The summed E-state index contributed by atoms with van der Waals surface area (Å²) in [6.45, 7) is 3.70. The molecule has 0 amide bonds. The number of anilines is 1. The number of pyridine rings is 1. The van der Waals surface area contributed by atoms with Crippen LogP contribution in [0.25, 0.3) is 11.0 Å². The van der Waals surface area contributed by atoms with Crippen LogP contribution in [0, 0.1) is 11.8 Å². The van der Waals surface area contributed by atoms with Crippen molar-refractivity contribution in [3.05, 3.63) is 47.7 Å². The van der Waals surface area contributed by atoms with Gasteiger partial charge in [-0.05, 0) is 68.9 Å². The number of fused-ring (bicyclic) bond motifs is 1. The quantitative estimate of drug-likeness (QED) is 0.568. The van der Waals surface area contributed by atoms with E-state index in [1.54, 1.807) is 19.1 Å². The van der Waals surface area contributed by atoms with Crippen LogP contribution < -0.4 is 15.2 Å². The molecule has 31 heavy (non-hydrogen) atoms. The molecule has 0 spiro atoms. The molecule has 2 heterocycles. The summed E-state index contributed by atoms with van der Waals surface area (Å²) < 4.78 is 29.0. The maximum Gasteiger partial charge on any atom is 0.245 e. The second kappa shape index (κ2) is 8.49. The molecule has 8 nitrogen and oxygen atoms in total. The summed E-state index contributed by atoms with van der Waals surface area (Å²) >= 11 is 0. The van der Waals surface area contributed by atoms with Crippen LogP contribution in [0.1, 0.15) is 50.4 Å². The summed E-state index contributed by atoms with van der Waals surface area (Å²) in [5.74, 6) is 6.64. The summed E-state index contributed by atoms with van der Waals surface area (Å²) in [5, 5.41) is 8.43. The first-order valence-electron chi connectivity index (χ1n) is 10.0. The van der Waals surface area contributed by atoms with E-state index in [9.17, 15) is 8.42 Å². The van der Waals surface area contributed by atoms with Crippen molar-refractivity contribution < 1.29 is 13.2 Å². The fourth-order valence-electron chi connectivity index (χ4n) is 3.20. The van der Waals surface area contributed by atoms with E-state index in [2.05, 4.69) is 32.1 Å². The third-order valence-corrected chi connectivity index (χ3v) is 6.08. The molecule has 1 fully saturated rings. The van der Waals surface area contributed by atoms with Gasteiger partial charge in [-0.25, -0.2) is 23.5 Å². The lowest BCUT2D eigenvalue weighted by Gasteiger charge is -2.26. The molecule has 4 rings (SSSR count). The minimum atomic E-state index is -3.73. The van der Waals surface area contributed by atoms with Gasteiger partial charge < -0.3 is 10.1 Å². The summed E-state index contributed by atoms with van der Waals surface area (Å²) in [4.78, 5) is 13.8. The average Bonchev–Trinajstić information content (AvgIpc) is 2.70. The molecule has 0 unspecified atom stereocenters. The molecule has 1 aliphatic rings. The van der Waals surface area contributed by atoms with Crippen LogP contribution in [0.2, 0.25) is 0 Å². The predicted octanol–water partition coefficient (Wildman–Crippen LogP) is 3.15. The van der Waals surface area contributed by atoms with Crippen molar-refractivity contribution in [2.24, 2.45) is 5.14 Å². The molecule has 0 bridgehead atoms. The zero-order chi connectivity index (χ0) is 22.0. The lowest BCUT2D eigenvalue weighted by atomic mass is 9.96. The number of ether oxygens (including phenoxy) is 1. The first kappa shape index (κ1) is 21.0. The highest BCUT2D eigenvalue weighted by atomic mass is 32.2.